The van der Waals surface area contributed by atoms with Gasteiger partial charge in [-0.15, -0.1) is 22.0 Å². The number of hydrogen-bond donors (Lipinski definition) is 2. The van der Waals surface area contributed by atoms with Gasteiger partial charge >= 0.3 is 0 Å². The molecule has 4 aromatic rings. The molecule has 1 atom stereocenters. The SMILES string of the molecule is CSc1ccccc1NC(=O)C(C)Sc1nnc(-c2c[nH]c3ccccc23)o1. The first kappa shape index (κ1) is 18.6. The molecule has 1 amide bonds. The number of benzene rings is 2. The van der Waals surface area contributed by atoms with Crippen LogP contribution in [0.4, 0.5) is 5.69 Å². The summed E-state index contributed by atoms with van der Waals surface area (Å²) >= 11 is 2.83. The van der Waals surface area contributed by atoms with Crippen molar-refractivity contribution in [1.82, 2.24) is 15.2 Å². The lowest BCUT2D eigenvalue weighted by Gasteiger charge is -2.12. The fourth-order valence-electron chi connectivity index (χ4n) is 2.80. The van der Waals surface area contributed by atoms with Gasteiger partial charge in [0.15, 0.2) is 0 Å². The molecule has 8 heteroatoms. The normalized spacial score (nSPS) is 12.2. The van der Waals surface area contributed by atoms with E-state index in [1.807, 2.05) is 67.9 Å². The Morgan fingerprint density at radius 1 is 1.14 bits per heavy atom. The van der Waals surface area contributed by atoms with E-state index in [9.17, 15) is 4.79 Å². The average Bonchev–Trinajstić information content (AvgIpc) is 3.35. The highest BCUT2D eigenvalue weighted by Crippen LogP contribution is 2.31. The minimum absolute atomic E-state index is 0.113. The molecule has 0 radical (unpaired) electrons. The minimum Gasteiger partial charge on any atom is -0.411 e. The lowest BCUT2D eigenvalue weighted by molar-refractivity contribution is -0.115. The summed E-state index contributed by atoms with van der Waals surface area (Å²) in [5.74, 6) is 0.318. The summed E-state index contributed by atoms with van der Waals surface area (Å²) in [4.78, 5) is 16.8. The number of carbonyl (C=O) groups is 1. The number of para-hydroxylation sites is 2. The third-order valence-electron chi connectivity index (χ3n) is 4.24. The third kappa shape index (κ3) is 3.79. The third-order valence-corrected chi connectivity index (χ3v) is 5.97. The molecule has 0 spiro atoms. The molecule has 0 fully saturated rings. The van der Waals surface area contributed by atoms with Crippen LogP contribution in [0.15, 0.2) is 69.3 Å². The van der Waals surface area contributed by atoms with Crippen LogP contribution in [0, 0.1) is 0 Å². The minimum atomic E-state index is -0.383. The van der Waals surface area contributed by atoms with E-state index in [0.29, 0.717) is 11.1 Å². The highest BCUT2D eigenvalue weighted by molar-refractivity contribution is 8.00. The van der Waals surface area contributed by atoms with E-state index in [0.717, 1.165) is 27.0 Å². The largest absolute Gasteiger partial charge is 0.411 e. The summed E-state index contributed by atoms with van der Waals surface area (Å²) in [6, 6.07) is 15.6. The molecule has 6 nitrogen and oxygen atoms in total. The average molecular weight is 411 g/mol. The second kappa shape index (κ2) is 8.12. The van der Waals surface area contributed by atoms with Crippen molar-refractivity contribution in [1.29, 1.82) is 0 Å². The Labute approximate surface area is 170 Å². The van der Waals surface area contributed by atoms with Crippen LogP contribution in [-0.4, -0.2) is 32.6 Å². The van der Waals surface area contributed by atoms with Gasteiger partial charge in [-0.05, 0) is 31.4 Å². The Morgan fingerprint density at radius 3 is 2.79 bits per heavy atom. The first-order valence-electron chi connectivity index (χ1n) is 8.66. The molecule has 0 saturated carbocycles. The summed E-state index contributed by atoms with van der Waals surface area (Å²) in [6.07, 6.45) is 3.83. The number of carbonyl (C=O) groups excluding carboxylic acids is 1. The second-order valence-electron chi connectivity index (χ2n) is 6.07. The van der Waals surface area contributed by atoms with E-state index in [-0.39, 0.29) is 11.2 Å². The Morgan fingerprint density at radius 2 is 1.93 bits per heavy atom. The lowest BCUT2D eigenvalue weighted by atomic mass is 10.2. The lowest BCUT2D eigenvalue weighted by Crippen LogP contribution is -2.22. The van der Waals surface area contributed by atoms with Gasteiger partial charge in [0.05, 0.1) is 16.5 Å². The zero-order valence-electron chi connectivity index (χ0n) is 15.3. The fourth-order valence-corrected chi connectivity index (χ4v) is 4.04. The number of aromatic amines is 1. The van der Waals surface area contributed by atoms with Crippen LogP contribution in [0.1, 0.15) is 6.92 Å². The van der Waals surface area contributed by atoms with Crippen molar-refractivity contribution in [3.05, 3.63) is 54.7 Å². The maximum absolute atomic E-state index is 12.6. The van der Waals surface area contributed by atoms with Gasteiger partial charge in [-0.25, -0.2) is 0 Å². The highest BCUT2D eigenvalue weighted by atomic mass is 32.2. The van der Waals surface area contributed by atoms with Gasteiger partial charge in [0, 0.05) is 22.0 Å². The molecule has 0 aliphatic rings. The maximum atomic E-state index is 12.6. The van der Waals surface area contributed by atoms with Gasteiger partial charge in [-0.2, -0.15) is 0 Å². The Balaban J connectivity index is 1.47. The van der Waals surface area contributed by atoms with Crippen LogP contribution in [0.3, 0.4) is 0 Å². The van der Waals surface area contributed by atoms with E-state index in [2.05, 4.69) is 20.5 Å². The van der Waals surface area contributed by atoms with Gasteiger partial charge in [0.2, 0.25) is 5.91 Å². The van der Waals surface area contributed by atoms with E-state index >= 15 is 0 Å². The predicted octanol–water partition coefficient (Wildman–Crippen LogP) is 5.06. The molecule has 0 aliphatic carbocycles. The van der Waals surface area contributed by atoms with Gasteiger partial charge in [-0.1, -0.05) is 42.1 Å². The Bertz CT molecular complexity index is 1120. The molecular formula is C20H18N4O2S2. The van der Waals surface area contributed by atoms with Crippen molar-refractivity contribution in [2.45, 2.75) is 22.3 Å². The van der Waals surface area contributed by atoms with Crippen molar-refractivity contribution >= 4 is 46.0 Å². The zero-order chi connectivity index (χ0) is 19.5. The summed E-state index contributed by atoms with van der Waals surface area (Å²) in [5.41, 5.74) is 2.66. The van der Waals surface area contributed by atoms with E-state index < -0.39 is 0 Å². The Hall–Kier alpha value is -2.71. The maximum Gasteiger partial charge on any atom is 0.277 e. The highest BCUT2D eigenvalue weighted by Gasteiger charge is 2.20. The second-order valence-corrected chi connectivity index (χ2v) is 8.21. The van der Waals surface area contributed by atoms with Gasteiger partial charge < -0.3 is 14.7 Å². The van der Waals surface area contributed by atoms with E-state index in [1.165, 1.54) is 11.8 Å². The Kier molecular flexibility index (Phi) is 5.40. The van der Waals surface area contributed by atoms with Gasteiger partial charge in [0.1, 0.15) is 0 Å². The number of thioether (sulfide) groups is 2. The van der Waals surface area contributed by atoms with Crippen LogP contribution < -0.4 is 5.32 Å². The summed E-state index contributed by atoms with van der Waals surface area (Å²) in [7, 11) is 0. The molecule has 2 heterocycles. The summed E-state index contributed by atoms with van der Waals surface area (Å²) < 4.78 is 5.79. The number of fused-ring (bicyclic) bond motifs is 1. The van der Waals surface area contributed by atoms with E-state index in [4.69, 9.17) is 4.42 Å². The standard InChI is InChI=1S/C20H18N4O2S2/c1-12(18(25)22-16-9-5-6-10-17(16)27-2)28-20-24-23-19(26-20)14-11-21-15-8-4-3-7-13(14)15/h3-12,21H,1-2H3,(H,22,25). The van der Waals surface area contributed by atoms with Crippen LogP contribution in [0.2, 0.25) is 0 Å². The molecule has 2 aromatic carbocycles. The fraction of sp³-hybridized carbons (Fsp3) is 0.150. The first-order valence-corrected chi connectivity index (χ1v) is 10.8. The van der Waals surface area contributed by atoms with Crippen molar-refractivity contribution in [3.63, 3.8) is 0 Å². The smallest absolute Gasteiger partial charge is 0.277 e. The number of aromatic nitrogens is 3. The molecule has 2 aromatic heterocycles. The number of H-pyrrole nitrogens is 1. The number of hydrogen-bond acceptors (Lipinski definition) is 6. The topological polar surface area (TPSA) is 83.8 Å². The van der Waals surface area contributed by atoms with Crippen molar-refractivity contribution in [3.8, 4) is 11.5 Å². The molecular weight excluding hydrogens is 392 g/mol. The molecule has 0 saturated heterocycles. The van der Waals surface area contributed by atoms with Crippen LogP contribution >= 0.6 is 23.5 Å². The molecule has 0 aliphatic heterocycles. The quantitative estimate of drug-likeness (QED) is 0.432. The van der Waals surface area contributed by atoms with Gasteiger partial charge in [-0.3, -0.25) is 4.79 Å². The summed E-state index contributed by atoms with van der Waals surface area (Å²) in [6.45, 7) is 1.82. The van der Waals surface area contributed by atoms with Crippen LogP contribution in [0.25, 0.3) is 22.4 Å². The zero-order valence-corrected chi connectivity index (χ0v) is 16.9. The molecule has 1 unspecified atom stereocenters. The van der Waals surface area contributed by atoms with E-state index in [1.54, 1.807) is 11.8 Å². The monoisotopic (exact) mass is 410 g/mol. The van der Waals surface area contributed by atoms with Crippen molar-refractivity contribution in [2.24, 2.45) is 0 Å². The first-order chi connectivity index (χ1) is 13.7. The predicted molar refractivity (Wildman–Crippen MR) is 114 cm³/mol. The molecule has 2 N–H and O–H groups in total. The number of anilines is 1. The molecule has 142 valence electrons. The number of nitrogens with one attached hydrogen (secondary N) is 2. The number of nitrogens with zero attached hydrogens (tertiary/aromatic N) is 2. The van der Waals surface area contributed by atoms with Crippen molar-refractivity contribution in [2.75, 3.05) is 11.6 Å². The van der Waals surface area contributed by atoms with Crippen LogP contribution in [-0.2, 0) is 4.79 Å². The molecule has 28 heavy (non-hydrogen) atoms. The number of amides is 1. The van der Waals surface area contributed by atoms with Crippen LogP contribution in [0.5, 0.6) is 0 Å². The molecule has 4 rings (SSSR count). The van der Waals surface area contributed by atoms with Crippen molar-refractivity contribution < 1.29 is 9.21 Å². The summed E-state index contributed by atoms with van der Waals surface area (Å²) in [5, 5.41) is 12.2. The molecule has 0 bridgehead atoms. The number of rotatable bonds is 6. The van der Waals surface area contributed by atoms with Gasteiger partial charge in [0.25, 0.3) is 11.1 Å².